The van der Waals surface area contributed by atoms with Gasteiger partial charge in [-0.15, -0.1) is 0 Å². The summed E-state index contributed by atoms with van der Waals surface area (Å²) in [5.74, 6) is 15.0. The van der Waals surface area contributed by atoms with Crippen molar-refractivity contribution in [1.29, 1.82) is 0 Å². The number of ether oxygens (including phenoxy) is 3. The van der Waals surface area contributed by atoms with Gasteiger partial charge in [-0.1, -0.05) is 0 Å². The predicted molar refractivity (Wildman–Crippen MR) is 120 cm³/mol. The average molecular weight is 530 g/mol. The molecule has 0 atom stereocenters. The summed E-state index contributed by atoms with van der Waals surface area (Å²) < 4.78 is 17.4. The Bertz CT molecular complexity index is 742. The molecule has 29 heavy (non-hydrogen) atoms. The molecule has 2 aromatic rings. The molecule has 0 aliphatic heterocycles. The molecule has 2 rings (SSSR count). The first-order valence-corrected chi connectivity index (χ1v) is 25.2. The summed E-state index contributed by atoms with van der Waals surface area (Å²) in [6.07, 6.45) is 2.76. The molecule has 0 radical (unpaired) electrons. The maximum atomic E-state index is 11.7. The summed E-state index contributed by atoms with van der Waals surface area (Å²) in [5.41, 5.74) is 1.10. The molecule has 2 heterocycles. The predicted octanol–water partition coefficient (Wildman–Crippen LogP) is 4.59. The molecule has 0 amide bonds. The van der Waals surface area contributed by atoms with E-state index in [1.807, 2.05) is 26.8 Å². The molecule has 0 fully saturated rings. The van der Waals surface area contributed by atoms with Crippen LogP contribution in [0.15, 0.2) is 24.5 Å². The average Bonchev–Trinajstić information content (AvgIpc) is 3.20. The SMILES string of the molecule is CC(C)(C)OC(=O)n1ccc(O[CH2][Ge]([CH3])([CH3])[CH3])n1.[CH3][Ge]([CH3])([CH3])[CH2]Oc1ccn[nH]1. The van der Waals surface area contributed by atoms with Crippen LogP contribution in [0.5, 0.6) is 11.8 Å². The zero-order valence-electron chi connectivity index (χ0n) is 19.2. The van der Waals surface area contributed by atoms with Crippen molar-refractivity contribution >= 4 is 32.6 Å². The number of carbonyl (C=O) groups is 1. The van der Waals surface area contributed by atoms with Crippen molar-refractivity contribution in [3.63, 3.8) is 0 Å². The van der Waals surface area contributed by atoms with Crippen LogP contribution in [-0.4, -0.2) is 69.1 Å². The van der Waals surface area contributed by atoms with E-state index in [0.717, 1.165) is 21.4 Å². The van der Waals surface area contributed by atoms with Gasteiger partial charge in [-0.25, -0.2) is 0 Å². The number of rotatable bonds is 6. The number of hydrogen-bond acceptors (Lipinski definition) is 6. The molecular formula is C19H36Ge2N4O4. The number of nitrogens with zero attached hydrogens (tertiary/aromatic N) is 3. The Morgan fingerprint density at radius 3 is 2.10 bits per heavy atom. The van der Waals surface area contributed by atoms with Crippen molar-refractivity contribution in [1.82, 2.24) is 20.0 Å². The topological polar surface area (TPSA) is 91.3 Å². The molecule has 0 aliphatic rings. The van der Waals surface area contributed by atoms with Gasteiger partial charge in [-0.2, -0.15) is 0 Å². The number of nitrogens with one attached hydrogen (secondary N) is 1. The van der Waals surface area contributed by atoms with Crippen molar-refractivity contribution in [3.8, 4) is 11.8 Å². The van der Waals surface area contributed by atoms with Crippen LogP contribution in [-0.2, 0) is 4.74 Å². The van der Waals surface area contributed by atoms with Crippen molar-refractivity contribution in [2.45, 2.75) is 60.9 Å². The summed E-state index contributed by atoms with van der Waals surface area (Å²) in [5, 5.41) is 10.6. The van der Waals surface area contributed by atoms with E-state index < -0.39 is 38.2 Å². The molecule has 0 saturated heterocycles. The normalized spacial score (nSPS) is 12.0. The van der Waals surface area contributed by atoms with Crippen molar-refractivity contribution in [3.05, 3.63) is 24.5 Å². The molecule has 0 unspecified atom stereocenters. The second-order valence-corrected chi connectivity index (χ2v) is 32.9. The Labute approximate surface area is 179 Å². The number of carbonyl (C=O) groups excluding carboxylic acids is 1. The fraction of sp³-hybridized carbons (Fsp3) is 0.632. The fourth-order valence-corrected chi connectivity index (χ4v) is 4.16. The first-order chi connectivity index (χ1) is 13.1. The summed E-state index contributed by atoms with van der Waals surface area (Å²) in [4.78, 5) is 11.7. The van der Waals surface area contributed by atoms with Gasteiger partial charge in [-0.05, 0) is 0 Å². The molecule has 2 aromatic heterocycles. The quantitative estimate of drug-likeness (QED) is 0.551. The molecule has 10 heteroatoms. The number of aromatic amines is 1. The van der Waals surface area contributed by atoms with Crippen LogP contribution >= 0.6 is 0 Å². The van der Waals surface area contributed by atoms with Gasteiger partial charge in [0.15, 0.2) is 0 Å². The summed E-state index contributed by atoms with van der Waals surface area (Å²) >= 11 is -3.28. The Hall–Kier alpha value is -1.42. The maximum absolute atomic E-state index is 11.7. The minimum atomic E-state index is -1.75. The number of hydrogen-bond donors (Lipinski definition) is 1. The van der Waals surface area contributed by atoms with Crippen LogP contribution in [0.3, 0.4) is 0 Å². The zero-order valence-corrected chi connectivity index (χ0v) is 23.4. The van der Waals surface area contributed by atoms with Gasteiger partial charge in [-0.3, -0.25) is 0 Å². The molecule has 0 spiro atoms. The van der Waals surface area contributed by atoms with Crippen molar-refractivity contribution in [2.24, 2.45) is 0 Å². The monoisotopic (exact) mass is 532 g/mol. The molecule has 1 N–H and O–H groups in total. The van der Waals surface area contributed by atoms with E-state index in [9.17, 15) is 4.79 Å². The second kappa shape index (κ2) is 10.6. The van der Waals surface area contributed by atoms with Crippen molar-refractivity contribution < 1.29 is 19.0 Å². The second-order valence-electron chi connectivity index (χ2n) is 10.2. The molecular weight excluding hydrogens is 493 g/mol. The van der Waals surface area contributed by atoms with Crippen LogP contribution in [0.4, 0.5) is 4.79 Å². The van der Waals surface area contributed by atoms with Gasteiger partial charge < -0.3 is 0 Å². The Morgan fingerprint density at radius 2 is 1.62 bits per heavy atom. The minimum absolute atomic E-state index is 0.474. The van der Waals surface area contributed by atoms with E-state index in [1.54, 1.807) is 18.5 Å². The van der Waals surface area contributed by atoms with E-state index in [4.69, 9.17) is 14.2 Å². The standard InChI is InChI=1S/C12H22GeN2O3.C7H14GeN2O/c1-12(2,3)18-11(16)15-8-7-10(14-15)17-9-13(4,5)6;1-8(2,3)6-11-7-4-5-9-10-7/h7-8H,9H2,1-6H3;4-5H,6H2,1-3H3,(H,9,10). The molecule has 0 aliphatic carbocycles. The molecule has 164 valence electrons. The van der Waals surface area contributed by atoms with Crippen LogP contribution < -0.4 is 9.47 Å². The Balaban J connectivity index is 0.000000326. The van der Waals surface area contributed by atoms with Gasteiger partial charge in [0.1, 0.15) is 0 Å². The molecule has 0 bridgehead atoms. The third-order valence-electron chi connectivity index (χ3n) is 2.93. The van der Waals surface area contributed by atoms with E-state index in [0.29, 0.717) is 5.88 Å². The van der Waals surface area contributed by atoms with E-state index in [-0.39, 0.29) is 0 Å². The van der Waals surface area contributed by atoms with Crippen molar-refractivity contribution in [2.75, 3.05) is 10.9 Å². The molecule has 0 aromatic carbocycles. The van der Waals surface area contributed by atoms with Crippen LogP contribution in [0.25, 0.3) is 0 Å². The van der Waals surface area contributed by atoms with Gasteiger partial charge in [0.2, 0.25) is 0 Å². The summed E-state index contributed by atoms with van der Waals surface area (Å²) in [7, 11) is 0. The van der Waals surface area contributed by atoms with E-state index in [2.05, 4.69) is 49.8 Å². The van der Waals surface area contributed by atoms with E-state index >= 15 is 0 Å². The van der Waals surface area contributed by atoms with Gasteiger partial charge in [0.05, 0.1) is 0 Å². The molecule has 8 nitrogen and oxygen atoms in total. The van der Waals surface area contributed by atoms with Gasteiger partial charge in [0.25, 0.3) is 0 Å². The van der Waals surface area contributed by atoms with Gasteiger partial charge >= 0.3 is 180 Å². The first kappa shape index (κ1) is 25.6. The van der Waals surface area contributed by atoms with Crippen LogP contribution in [0, 0.1) is 0 Å². The Kier molecular flexibility index (Phi) is 9.33. The molecule has 0 saturated carbocycles. The summed E-state index contributed by atoms with van der Waals surface area (Å²) in [6.45, 7) is 5.46. The third kappa shape index (κ3) is 12.7. The van der Waals surface area contributed by atoms with Crippen LogP contribution in [0.1, 0.15) is 20.8 Å². The summed E-state index contributed by atoms with van der Waals surface area (Å²) in [6, 6.07) is 3.52. The fourth-order valence-electron chi connectivity index (χ4n) is 1.70. The third-order valence-corrected chi connectivity index (χ3v) is 7.17. The number of aromatic nitrogens is 4. The van der Waals surface area contributed by atoms with E-state index in [1.165, 1.54) is 0 Å². The number of H-pyrrole nitrogens is 1. The van der Waals surface area contributed by atoms with Gasteiger partial charge in [0, 0.05) is 0 Å². The zero-order chi connectivity index (χ0) is 22.3. The Morgan fingerprint density at radius 1 is 1.03 bits per heavy atom. The van der Waals surface area contributed by atoms with Crippen LogP contribution in [0.2, 0.25) is 34.5 Å². The first-order valence-electron chi connectivity index (χ1n) is 9.69.